The Labute approximate surface area is 141 Å². The van der Waals surface area contributed by atoms with Crippen molar-refractivity contribution in [1.82, 2.24) is 0 Å². The summed E-state index contributed by atoms with van der Waals surface area (Å²) >= 11 is 3.16. The lowest BCUT2D eigenvalue weighted by molar-refractivity contribution is -0.0499. The zero-order chi connectivity index (χ0) is 18.2. The number of carbonyl (C=O) groups is 1. The minimum Gasteiger partial charge on any atom is -0.465 e. The van der Waals surface area contributed by atoms with E-state index in [1.807, 2.05) is 0 Å². The molecule has 1 aromatic rings. The Balaban J connectivity index is 3.61. The second-order valence-corrected chi connectivity index (χ2v) is 12.9. The van der Waals surface area contributed by atoms with Gasteiger partial charge in [0.2, 0.25) is 0 Å². The SMILES string of the molecule is COC(=O)c1cc(Br)c([Si](C)(C)C)c(OS(=O)(=O)C(F)(F)F)c1. The smallest absolute Gasteiger partial charge is 0.465 e. The van der Waals surface area contributed by atoms with Crippen LogP contribution in [0.25, 0.3) is 0 Å². The molecule has 0 spiro atoms. The first-order valence-electron chi connectivity index (χ1n) is 6.14. The first-order valence-corrected chi connectivity index (χ1v) is 11.8. The van der Waals surface area contributed by atoms with E-state index >= 15 is 0 Å². The molecule has 0 aliphatic rings. The van der Waals surface area contributed by atoms with E-state index < -0.39 is 35.4 Å². The lowest BCUT2D eigenvalue weighted by atomic mass is 10.2. The molecule has 0 aromatic heterocycles. The molecule has 0 atom stereocenters. The minimum absolute atomic E-state index is 0.131. The molecule has 0 saturated heterocycles. The summed E-state index contributed by atoms with van der Waals surface area (Å²) in [4.78, 5) is 11.6. The van der Waals surface area contributed by atoms with Crippen LogP contribution in [0.4, 0.5) is 13.2 Å². The number of ether oxygens (including phenoxy) is 1. The highest BCUT2D eigenvalue weighted by atomic mass is 79.9. The Morgan fingerprint density at radius 2 is 1.74 bits per heavy atom. The average Bonchev–Trinajstić information content (AvgIpc) is 2.33. The highest BCUT2D eigenvalue weighted by Gasteiger charge is 2.49. The highest BCUT2D eigenvalue weighted by Crippen LogP contribution is 2.30. The van der Waals surface area contributed by atoms with E-state index in [-0.39, 0.29) is 10.0 Å². The van der Waals surface area contributed by atoms with Crippen molar-refractivity contribution in [3.05, 3.63) is 22.2 Å². The fourth-order valence-corrected chi connectivity index (χ4v) is 6.19. The molecule has 0 radical (unpaired) electrons. The van der Waals surface area contributed by atoms with Gasteiger partial charge >= 0.3 is 21.6 Å². The van der Waals surface area contributed by atoms with Crippen LogP contribution in [-0.2, 0) is 14.9 Å². The van der Waals surface area contributed by atoms with Gasteiger partial charge < -0.3 is 8.92 Å². The van der Waals surface area contributed by atoms with Crippen molar-refractivity contribution >= 4 is 45.3 Å². The molecule has 0 heterocycles. The molecule has 0 aliphatic carbocycles. The summed E-state index contributed by atoms with van der Waals surface area (Å²) in [5, 5.41) is 0.304. The molecule has 0 fully saturated rings. The van der Waals surface area contributed by atoms with Crippen LogP contribution < -0.4 is 9.37 Å². The van der Waals surface area contributed by atoms with E-state index in [1.165, 1.54) is 6.07 Å². The molecule has 1 aromatic carbocycles. The summed E-state index contributed by atoms with van der Waals surface area (Å²) in [6.45, 7) is 5.37. The van der Waals surface area contributed by atoms with Crippen LogP contribution in [0.2, 0.25) is 19.6 Å². The van der Waals surface area contributed by atoms with Crippen molar-refractivity contribution in [2.45, 2.75) is 25.1 Å². The van der Waals surface area contributed by atoms with E-state index in [9.17, 15) is 26.4 Å². The van der Waals surface area contributed by atoms with Crippen molar-refractivity contribution in [1.29, 1.82) is 0 Å². The molecular formula is C12H14BrF3O5SSi. The van der Waals surface area contributed by atoms with E-state index in [1.54, 1.807) is 19.6 Å². The van der Waals surface area contributed by atoms with Gasteiger partial charge in [-0.25, -0.2) is 4.79 Å². The fourth-order valence-electron chi connectivity index (χ4n) is 1.78. The van der Waals surface area contributed by atoms with Crippen LogP contribution >= 0.6 is 15.9 Å². The standard InChI is InChI=1S/C12H14BrF3O5SSi/c1-20-11(17)7-5-8(13)10(23(2,3)4)9(6-7)21-22(18,19)12(14,15)16/h5-6H,1-4H3. The van der Waals surface area contributed by atoms with Crippen molar-refractivity contribution in [3.8, 4) is 5.75 Å². The highest BCUT2D eigenvalue weighted by molar-refractivity contribution is 9.10. The number of halogens is 4. The van der Waals surface area contributed by atoms with Crippen LogP contribution in [0.3, 0.4) is 0 Å². The maximum Gasteiger partial charge on any atom is 0.534 e. The van der Waals surface area contributed by atoms with Gasteiger partial charge in [-0.05, 0) is 17.3 Å². The van der Waals surface area contributed by atoms with Gasteiger partial charge in [-0.2, -0.15) is 21.6 Å². The Morgan fingerprint density at radius 1 is 1.22 bits per heavy atom. The van der Waals surface area contributed by atoms with Gasteiger partial charge in [0.05, 0.1) is 20.7 Å². The van der Waals surface area contributed by atoms with Gasteiger partial charge in [0.25, 0.3) is 0 Å². The van der Waals surface area contributed by atoms with E-state index in [0.29, 0.717) is 5.19 Å². The molecule has 0 saturated carbocycles. The molecule has 1 rings (SSSR count). The molecule has 0 bridgehead atoms. The number of benzene rings is 1. The van der Waals surface area contributed by atoms with Gasteiger partial charge in [-0.15, -0.1) is 0 Å². The van der Waals surface area contributed by atoms with Gasteiger partial charge in [0, 0.05) is 4.47 Å². The van der Waals surface area contributed by atoms with Crippen molar-refractivity contribution < 1.29 is 35.3 Å². The molecule has 0 aliphatic heterocycles. The molecule has 130 valence electrons. The van der Waals surface area contributed by atoms with Gasteiger partial charge in [-0.1, -0.05) is 35.6 Å². The summed E-state index contributed by atoms with van der Waals surface area (Å²) in [5.74, 6) is -1.36. The number of hydrogen-bond donors (Lipinski definition) is 0. The molecular weight excluding hydrogens is 421 g/mol. The van der Waals surface area contributed by atoms with Crippen LogP contribution in [0.5, 0.6) is 5.75 Å². The van der Waals surface area contributed by atoms with Crippen molar-refractivity contribution in [3.63, 3.8) is 0 Å². The minimum atomic E-state index is -5.85. The van der Waals surface area contributed by atoms with Crippen molar-refractivity contribution in [2.75, 3.05) is 7.11 Å². The normalized spacial score (nSPS) is 12.9. The molecule has 0 amide bonds. The molecule has 0 unspecified atom stereocenters. The summed E-state index contributed by atoms with van der Waals surface area (Å²) in [6.07, 6.45) is 0. The number of carbonyl (C=O) groups excluding carboxylic acids is 1. The predicted molar refractivity (Wildman–Crippen MR) is 84.1 cm³/mol. The number of esters is 1. The van der Waals surface area contributed by atoms with Gasteiger partial charge in [-0.3, -0.25) is 0 Å². The van der Waals surface area contributed by atoms with Crippen molar-refractivity contribution in [2.24, 2.45) is 0 Å². The monoisotopic (exact) mass is 434 g/mol. The fraction of sp³-hybridized carbons (Fsp3) is 0.417. The number of alkyl halides is 3. The van der Waals surface area contributed by atoms with E-state index in [2.05, 4.69) is 24.8 Å². The maximum absolute atomic E-state index is 12.6. The summed E-state index contributed by atoms with van der Waals surface area (Å²) in [5.41, 5.74) is -5.70. The van der Waals surface area contributed by atoms with Crippen LogP contribution in [0.1, 0.15) is 10.4 Å². The third kappa shape index (κ3) is 4.48. The quantitative estimate of drug-likeness (QED) is 0.315. The lowest BCUT2D eigenvalue weighted by Gasteiger charge is -2.23. The maximum atomic E-state index is 12.6. The third-order valence-corrected chi connectivity index (χ3v) is 6.68. The number of methoxy groups -OCH3 is 1. The molecule has 0 N–H and O–H groups in total. The molecule has 11 heteroatoms. The zero-order valence-electron chi connectivity index (χ0n) is 12.6. The number of hydrogen-bond acceptors (Lipinski definition) is 5. The van der Waals surface area contributed by atoms with Gasteiger partial charge in [0.1, 0.15) is 5.75 Å². The van der Waals surface area contributed by atoms with Crippen LogP contribution in [0, 0.1) is 0 Å². The largest absolute Gasteiger partial charge is 0.534 e. The second kappa shape index (κ2) is 6.44. The second-order valence-electron chi connectivity index (χ2n) is 5.56. The predicted octanol–water partition coefficient (Wildman–Crippen LogP) is 3.01. The third-order valence-electron chi connectivity index (χ3n) is 2.71. The average molecular weight is 435 g/mol. The Kier molecular flexibility index (Phi) is 5.59. The van der Waals surface area contributed by atoms with E-state index in [0.717, 1.165) is 13.2 Å². The molecule has 23 heavy (non-hydrogen) atoms. The summed E-state index contributed by atoms with van der Waals surface area (Å²) in [7, 11) is -7.06. The van der Waals surface area contributed by atoms with Crippen LogP contribution in [-0.4, -0.2) is 35.1 Å². The first kappa shape index (κ1) is 20.0. The zero-order valence-corrected chi connectivity index (χ0v) is 16.0. The summed E-state index contributed by atoms with van der Waals surface area (Å²) < 4.78 is 69.4. The topological polar surface area (TPSA) is 69.7 Å². The van der Waals surface area contributed by atoms with Crippen LogP contribution in [0.15, 0.2) is 16.6 Å². The Hall–Kier alpha value is -1.07. The lowest BCUT2D eigenvalue weighted by Crippen LogP contribution is -2.41. The van der Waals surface area contributed by atoms with E-state index in [4.69, 9.17) is 0 Å². The number of rotatable bonds is 4. The molecule has 5 nitrogen and oxygen atoms in total. The Bertz CT molecular complexity index is 725. The summed E-state index contributed by atoms with van der Waals surface area (Å²) in [6, 6.07) is 2.29. The van der Waals surface area contributed by atoms with Gasteiger partial charge in [0.15, 0.2) is 0 Å². The Morgan fingerprint density at radius 3 is 2.13 bits per heavy atom. The first-order chi connectivity index (χ1) is 10.2.